The van der Waals surface area contributed by atoms with E-state index >= 15 is 0 Å². The lowest BCUT2D eigenvalue weighted by Crippen LogP contribution is -2.39. The Kier molecular flexibility index (Phi) is 6.31. The maximum absolute atomic E-state index is 12.9. The van der Waals surface area contributed by atoms with Crippen molar-refractivity contribution in [1.29, 1.82) is 0 Å². The zero-order valence-electron chi connectivity index (χ0n) is 13.7. The number of amides is 1. The Balaban J connectivity index is 2.01. The van der Waals surface area contributed by atoms with Gasteiger partial charge in [0, 0.05) is 11.5 Å². The third-order valence-electron chi connectivity index (χ3n) is 3.64. The van der Waals surface area contributed by atoms with Crippen LogP contribution in [0.4, 0.5) is 4.39 Å². The van der Waals surface area contributed by atoms with Gasteiger partial charge in [0.05, 0.1) is 17.5 Å². The summed E-state index contributed by atoms with van der Waals surface area (Å²) in [5.41, 5.74) is 0.903. The van der Waals surface area contributed by atoms with Crippen molar-refractivity contribution in [3.8, 4) is 0 Å². The zero-order chi connectivity index (χ0) is 18.6. The molecule has 134 valence electrons. The van der Waals surface area contributed by atoms with Crippen molar-refractivity contribution in [2.45, 2.75) is 17.9 Å². The molecule has 1 amide bonds. The minimum Gasteiger partial charge on any atom is -0.348 e. The molecule has 5 nitrogen and oxygen atoms in total. The minimum atomic E-state index is -3.86. The van der Waals surface area contributed by atoms with E-state index in [2.05, 4.69) is 21.2 Å². The van der Waals surface area contributed by atoms with Crippen LogP contribution in [0.5, 0.6) is 0 Å². The fourth-order valence-corrected chi connectivity index (χ4v) is 3.59. The molecule has 0 aliphatic carbocycles. The second-order valence-electron chi connectivity index (χ2n) is 5.56. The van der Waals surface area contributed by atoms with E-state index in [1.807, 2.05) is 31.2 Å². The first kappa shape index (κ1) is 19.6. The molecule has 0 aromatic heterocycles. The highest BCUT2D eigenvalue weighted by Gasteiger charge is 2.23. The third-order valence-corrected chi connectivity index (χ3v) is 5.98. The van der Waals surface area contributed by atoms with Crippen molar-refractivity contribution >= 4 is 31.9 Å². The first-order chi connectivity index (χ1) is 11.7. The lowest BCUT2D eigenvalue weighted by molar-refractivity contribution is -0.121. The van der Waals surface area contributed by atoms with Gasteiger partial charge in [0.2, 0.25) is 15.9 Å². The molecule has 8 heteroatoms. The van der Waals surface area contributed by atoms with Crippen molar-refractivity contribution in [1.82, 2.24) is 9.62 Å². The number of hydrogen-bond acceptors (Lipinski definition) is 3. The molecule has 0 saturated heterocycles. The predicted molar refractivity (Wildman–Crippen MR) is 96.9 cm³/mol. The Morgan fingerprint density at radius 2 is 1.72 bits per heavy atom. The van der Waals surface area contributed by atoms with E-state index in [0.717, 1.165) is 26.5 Å². The molecule has 2 aromatic rings. The molecule has 0 fully saturated rings. The van der Waals surface area contributed by atoms with E-state index in [1.165, 1.54) is 19.2 Å². The van der Waals surface area contributed by atoms with Crippen molar-refractivity contribution in [2.75, 3.05) is 13.6 Å². The highest BCUT2D eigenvalue weighted by molar-refractivity contribution is 9.10. The van der Waals surface area contributed by atoms with E-state index in [1.54, 1.807) is 0 Å². The number of likely N-dealkylation sites (N-methyl/N-ethyl adjacent to an activating group) is 1. The predicted octanol–water partition coefficient (Wildman–Crippen LogP) is 3.09. The second-order valence-corrected chi connectivity index (χ2v) is 8.52. The maximum atomic E-state index is 12.9. The molecular formula is C17H18BrFN2O3S. The van der Waals surface area contributed by atoms with Gasteiger partial charge in [0.25, 0.3) is 0 Å². The van der Waals surface area contributed by atoms with Crippen molar-refractivity contribution < 1.29 is 17.6 Å². The van der Waals surface area contributed by atoms with Crippen LogP contribution >= 0.6 is 15.9 Å². The monoisotopic (exact) mass is 428 g/mol. The summed E-state index contributed by atoms with van der Waals surface area (Å²) in [6, 6.07) is 11.7. The Labute approximate surface area is 155 Å². The molecule has 2 aromatic carbocycles. The molecule has 1 N–H and O–H groups in total. The second kappa shape index (κ2) is 8.07. The molecule has 0 bridgehead atoms. The van der Waals surface area contributed by atoms with E-state index in [0.29, 0.717) is 0 Å². The third kappa shape index (κ3) is 5.10. The quantitative estimate of drug-likeness (QED) is 0.768. The number of nitrogens with one attached hydrogen (secondary N) is 1. The lowest BCUT2D eigenvalue weighted by atomic mass is 10.1. The maximum Gasteiger partial charge on any atom is 0.243 e. The van der Waals surface area contributed by atoms with Gasteiger partial charge in [-0.3, -0.25) is 4.79 Å². The highest BCUT2D eigenvalue weighted by atomic mass is 79.9. The van der Waals surface area contributed by atoms with Gasteiger partial charge in [0.15, 0.2) is 0 Å². The average Bonchev–Trinajstić information content (AvgIpc) is 2.55. The van der Waals surface area contributed by atoms with Crippen LogP contribution in [0, 0.1) is 5.82 Å². The molecule has 0 aliphatic rings. The van der Waals surface area contributed by atoms with Crippen LogP contribution in [0.2, 0.25) is 0 Å². The molecule has 0 unspecified atom stereocenters. The molecule has 0 saturated carbocycles. The number of halogens is 2. The number of hydrogen-bond donors (Lipinski definition) is 1. The number of carbonyl (C=O) groups excluding carboxylic acids is 1. The number of benzene rings is 2. The van der Waals surface area contributed by atoms with E-state index in [4.69, 9.17) is 0 Å². The summed E-state index contributed by atoms with van der Waals surface area (Å²) in [7, 11) is -2.55. The fraction of sp³-hybridized carbons (Fsp3) is 0.235. The van der Waals surface area contributed by atoms with Crippen LogP contribution in [0.1, 0.15) is 18.5 Å². The zero-order valence-corrected chi connectivity index (χ0v) is 16.1. The van der Waals surface area contributed by atoms with E-state index < -0.39 is 21.7 Å². The Hall–Kier alpha value is -1.77. The van der Waals surface area contributed by atoms with Gasteiger partial charge >= 0.3 is 0 Å². The normalized spacial score (nSPS) is 12.8. The van der Waals surface area contributed by atoms with Crippen LogP contribution in [-0.4, -0.2) is 32.2 Å². The van der Waals surface area contributed by atoms with Crippen molar-refractivity contribution in [2.24, 2.45) is 0 Å². The van der Waals surface area contributed by atoms with Crippen molar-refractivity contribution in [3.63, 3.8) is 0 Å². The topological polar surface area (TPSA) is 66.5 Å². The summed E-state index contributed by atoms with van der Waals surface area (Å²) < 4.78 is 39.6. The molecule has 0 radical (unpaired) electrons. The van der Waals surface area contributed by atoms with Crippen molar-refractivity contribution in [3.05, 3.63) is 64.4 Å². The van der Waals surface area contributed by atoms with Crippen LogP contribution < -0.4 is 5.32 Å². The lowest BCUT2D eigenvalue weighted by Gasteiger charge is -2.19. The Morgan fingerprint density at radius 3 is 2.28 bits per heavy atom. The number of sulfonamides is 1. The summed E-state index contributed by atoms with van der Waals surface area (Å²) in [5, 5.41) is 2.76. The first-order valence-electron chi connectivity index (χ1n) is 7.47. The van der Waals surface area contributed by atoms with Crippen LogP contribution in [0.3, 0.4) is 0 Å². The Morgan fingerprint density at radius 1 is 1.16 bits per heavy atom. The fourth-order valence-electron chi connectivity index (χ4n) is 2.20. The van der Waals surface area contributed by atoms with Gasteiger partial charge in [0.1, 0.15) is 5.82 Å². The molecule has 0 aliphatic heterocycles. The first-order valence-corrected chi connectivity index (χ1v) is 9.70. The molecule has 1 atom stereocenters. The van der Waals surface area contributed by atoms with Gasteiger partial charge in [-0.2, -0.15) is 4.31 Å². The summed E-state index contributed by atoms with van der Waals surface area (Å²) in [4.78, 5) is 12.1. The van der Waals surface area contributed by atoms with Gasteiger partial charge in [-0.05, 0) is 48.9 Å². The summed E-state index contributed by atoms with van der Waals surface area (Å²) in [6.45, 7) is 1.48. The van der Waals surface area contributed by atoms with Crippen LogP contribution in [0.25, 0.3) is 0 Å². The van der Waals surface area contributed by atoms with Gasteiger partial charge < -0.3 is 5.32 Å². The number of nitrogens with zero attached hydrogens (tertiary/aromatic N) is 1. The van der Waals surface area contributed by atoms with E-state index in [-0.39, 0.29) is 17.5 Å². The molecule has 2 rings (SSSR count). The largest absolute Gasteiger partial charge is 0.348 e. The standard InChI is InChI=1S/C17H18BrFN2O3S/c1-12(13-3-5-14(18)6-4-13)20-17(22)11-21(2)25(23,24)16-9-7-15(19)8-10-16/h3-10,12H,11H2,1-2H3,(H,20,22)/t12-/m1/s1. The summed E-state index contributed by atoms with van der Waals surface area (Å²) in [5.74, 6) is -0.953. The number of rotatable bonds is 6. The van der Waals surface area contributed by atoms with E-state index in [9.17, 15) is 17.6 Å². The Bertz CT molecular complexity index is 839. The molecule has 0 spiro atoms. The molecule has 25 heavy (non-hydrogen) atoms. The summed E-state index contributed by atoms with van der Waals surface area (Å²) in [6.07, 6.45) is 0. The van der Waals surface area contributed by atoms with Gasteiger partial charge in [-0.15, -0.1) is 0 Å². The van der Waals surface area contributed by atoms with Crippen LogP contribution in [0.15, 0.2) is 57.9 Å². The number of carbonyl (C=O) groups is 1. The minimum absolute atomic E-state index is 0.0647. The highest BCUT2D eigenvalue weighted by Crippen LogP contribution is 2.17. The molecule has 0 heterocycles. The van der Waals surface area contributed by atoms with Crippen LogP contribution in [-0.2, 0) is 14.8 Å². The van der Waals surface area contributed by atoms with Gasteiger partial charge in [-0.25, -0.2) is 12.8 Å². The summed E-state index contributed by atoms with van der Waals surface area (Å²) >= 11 is 3.34. The molecular weight excluding hydrogens is 411 g/mol. The smallest absolute Gasteiger partial charge is 0.243 e. The average molecular weight is 429 g/mol. The SMILES string of the molecule is C[C@@H](NC(=O)CN(C)S(=O)(=O)c1ccc(F)cc1)c1ccc(Br)cc1. The van der Waals surface area contributed by atoms with Gasteiger partial charge in [-0.1, -0.05) is 28.1 Å².